The van der Waals surface area contributed by atoms with E-state index in [0.717, 1.165) is 37.1 Å². The summed E-state index contributed by atoms with van der Waals surface area (Å²) >= 11 is 0. The van der Waals surface area contributed by atoms with Crippen molar-refractivity contribution in [2.24, 2.45) is 11.1 Å². The number of carbonyl (C=O) groups is 3. The topological polar surface area (TPSA) is 114 Å². The lowest BCUT2D eigenvalue weighted by Gasteiger charge is -2.44. The van der Waals surface area contributed by atoms with E-state index in [1.54, 1.807) is 4.90 Å². The van der Waals surface area contributed by atoms with E-state index in [1.165, 1.54) is 0 Å². The van der Waals surface area contributed by atoms with Gasteiger partial charge in [0, 0.05) is 43.6 Å². The number of nitrogens with one attached hydrogen (secondary N) is 2. The first-order chi connectivity index (χ1) is 13.9. The Morgan fingerprint density at radius 3 is 2.83 bits per heavy atom. The summed E-state index contributed by atoms with van der Waals surface area (Å²) in [5.41, 5.74) is 8.55. The molecule has 6 rings (SSSR count). The van der Waals surface area contributed by atoms with E-state index in [-0.39, 0.29) is 35.2 Å². The van der Waals surface area contributed by atoms with Crippen LogP contribution in [0.4, 0.5) is 0 Å². The monoisotopic (exact) mass is 398 g/mol. The van der Waals surface area contributed by atoms with Crippen molar-refractivity contribution in [2.75, 3.05) is 19.7 Å². The highest BCUT2D eigenvalue weighted by Crippen LogP contribution is 2.56. The number of imide groups is 1. The van der Waals surface area contributed by atoms with Crippen LogP contribution in [0.5, 0.6) is 0 Å². The van der Waals surface area contributed by atoms with Crippen molar-refractivity contribution in [1.82, 2.24) is 15.5 Å². The largest absolute Gasteiger partial charge is 0.373 e. The van der Waals surface area contributed by atoms with Gasteiger partial charge in [0.15, 0.2) is 0 Å². The Balaban J connectivity index is 1.21. The van der Waals surface area contributed by atoms with Crippen LogP contribution in [-0.4, -0.2) is 54.0 Å². The third-order valence-electron chi connectivity index (χ3n) is 6.87. The van der Waals surface area contributed by atoms with Crippen LogP contribution in [0.3, 0.4) is 0 Å². The average Bonchev–Trinajstić information content (AvgIpc) is 3.32. The first-order valence-electron chi connectivity index (χ1n) is 10.2. The number of nitrogens with zero attached hydrogens (tertiary/aromatic N) is 1. The molecule has 2 bridgehead atoms. The molecule has 8 nitrogen and oxygen atoms in total. The molecule has 29 heavy (non-hydrogen) atoms. The summed E-state index contributed by atoms with van der Waals surface area (Å²) in [5, 5.41) is 5.84. The van der Waals surface area contributed by atoms with Gasteiger partial charge in [-0.15, -0.1) is 0 Å². The lowest BCUT2D eigenvalue weighted by Crippen LogP contribution is -2.52. The molecule has 4 heterocycles. The molecule has 154 valence electrons. The highest BCUT2D eigenvalue weighted by atomic mass is 16.5. The summed E-state index contributed by atoms with van der Waals surface area (Å²) in [5.74, 6) is -0.784. The van der Waals surface area contributed by atoms with Gasteiger partial charge in [-0.3, -0.25) is 19.7 Å². The molecule has 0 aromatic heterocycles. The summed E-state index contributed by atoms with van der Waals surface area (Å²) in [6.45, 7) is 3.32. The fourth-order valence-electron chi connectivity index (χ4n) is 5.39. The second-order valence-electron chi connectivity index (χ2n) is 9.02. The van der Waals surface area contributed by atoms with E-state index in [2.05, 4.69) is 10.6 Å². The third kappa shape index (κ3) is 3.06. The number of fused-ring (bicyclic) bond motifs is 2. The maximum absolute atomic E-state index is 12.9. The minimum atomic E-state index is -0.572. The number of carbonyl (C=O) groups excluding carboxylic acids is 3. The minimum absolute atomic E-state index is 0.0822. The Hall–Kier alpha value is -2.29. The highest BCUT2D eigenvalue weighted by Gasteiger charge is 2.61. The van der Waals surface area contributed by atoms with Crippen molar-refractivity contribution in [3.05, 3.63) is 34.9 Å². The van der Waals surface area contributed by atoms with Crippen LogP contribution in [0.2, 0.25) is 0 Å². The van der Waals surface area contributed by atoms with Gasteiger partial charge in [0.2, 0.25) is 11.8 Å². The molecule has 1 aromatic rings. The van der Waals surface area contributed by atoms with Gasteiger partial charge in [-0.25, -0.2) is 0 Å². The van der Waals surface area contributed by atoms with Gasteiger partial charge in [0.05, 0.1) is 12.2 Å². The SMILES string of the molecule is NCC12CC(CNCc3ccc4c(c3)C(=O)N(C3CCC(=O)NC3=O)C4)(CO1)C2. The molecule has 0 spiro atoms. The smallest absolute Gasteiger partial charge is 0.255 e. The van der Waals surface area contributed by atoms with Gasteiger partial charge in [-0.2, -0.15) is 0 Å². The molecule has 0 radical (unpaired) electrons. The molecule has 5 aliphatic rings. The van der Waals surface area contributed by atoms with Crippen molar-refractivity contribution in [3.8, 4) is 0 Å². The summed E-state index contributed by atoms with van der Waals surface area (Å²) in [4.78, 5) is 38.0. The van der Waals surface area contributed by atoms with Crippen molar-refractivity contribution in [3.63, 3.8) is 0 Å². The van der Waals surface area contributed by atoms with Crippen LogP contribution < -0.4 is 16.4 Å². The van der Waals surface area contributed by atoms with E-state index in [1.807, 2.05) is 18.2 Å². The molecule has 1 unspecified atom stereocenters. The number of hydrogen-bond acceptors (Lipinski definition) is 6. The molecule has 4 aliphatic heterocycles. The third-order valence-corrected chi connectivity index (χ3v) is 6.87. The number of amides is 3. The molecule has 4 N–H and O–H groups in total. The molecule has 1 saturated carbocycles. The Morgan fingerprint density at radius 1 is 1.28 bits per heavy atom. The number of nitrogens with two attached hydrogens (primary N) is 1. The minimum Gasteiger partial charge on any atom is -0.373 e. The summed E-state index contributed by atoms with van der Waals surface area (Å²) in [7, 11) is 0. The molecule has 8 heteroatoms. The maximum Gasteiger partial charge on any atom is 0.255 e. The number of benzene rings is 1. The molecule has 1 aromatic carbocycles. The second-order valence-corrected chi connectivity index (χ2v) is 9.02. The van der Waals surface area contributed by atoms with Crippen LogP contribution in [0.25, 0.3) is 0 Å². The summed E-state index contributed by atoms with van der Waals surface area (Å²) < 4.78 is 5.86. The predicted molar refractivity (Wildman–Crippen MR) is 104 cm³/mol. The molecule has 3 amide bonds. The standard InChI is InChI=1S/C21H26N4O4/c22-10-21-8-20(9-21,12-29-21)11-23-6-13-1-2-14-7-25(19(28)15(14)5-13)16-3-4-17(26)24-18(16)27/h1-2,5,16,23H,3-4,6-12,22H2,(H,24,26,27). The molecule has 1 aliphatic carbocycles. The summed E-state index contributed by atoms with van der Waals surface area (Å²) in [6.07, 6.45) is 2.69. The summed E-state index contributed by atoms with van der Waals surface area (Å²) in [6, 6.07) is 5.35. The normalized spacial score (nSPS) is 32.9. The number of ether oxygens (including phenoxy) is 1. The van der Waals surface area contributed by atoms with Crippen LogP contribution in [0.15, 0.2) is 18.2 Å². The number of piperidine rings is 1. The van der Waals surface area contributed by atoms with Crippen molar-refractivity contribution < 1.29 is 19.1 Å². The zero-order valence-electron chi connectivity index (χ0n) is 16.3. The lowest BCUT2D eigenvalue weighted by molar-refractivity contribution is -0.136. The van der Waals surface area contributed by atoms with Crippen molar-refractivity contribution in [2.45, 2.75) is 50.4 Å². The van der Waals surface area contributed by atoms with Gasteiger partial charge < -0.3 is 20.7 Å². The highest BCUT2D eigenvalue weighted by molar-refractivity contribution is 6.05. The van der Waals surface area contributed by atoms with E-state index in [4.69, 9.17) is 10.5 Å². The lowest BCUT2D eigenvalue weighted by atomic mass is 9.62. The van der Waals surface area contributed by atoms with Gasteiger partial charge in [-0.05, 0) is 36.5 Å². The first kappa shape index (κ1) is 18.7. The van der Waals surface area contributed by atoms with Crippen LogP contribution >= 0.6 is 0 Å². The Bertz CT molecular complexity index is 893. The van der Waals surface area contributed by atoms with Gasteiger partial charge in [0.25, 0.3) is 5.91 Å². The van der Waals surface area contributed by atoms with Crippen LogP contribution in [0.1, 0.15) is 47.2 Å². The maximum atomic E-state index is 12.9. The van der Waals surface area contributed by atoms with Crippen LogP contribution in [0, 0.1) is 5.41 Å². The quantitative estimate of drug-likeness (QED) is 0.584. The molecular formula is C21H26N4O4. The fourth-order valence-corrected chi connectivity index (χ4v) is 5.39. The Morgan fingerprint density at radius 2 is 2.10 bits per heavy atom. The Labute approximate surface area is 169 Å². The Kier molecular flexibility index (Phi) is 4.27. The molecule has 3 saturated heterocycles. The van der Waals surface area contributed by atoms with E-state index in [0.29, 0.717) is 31.6 Å². The van der Waals surface area contributed by atoms with E-state index >= 15 is 0 Å². The average molecular weight is 398 g/mol. The molecular weight excluding hydrogens is 372 g/mol. The predicted octanol–water partition coefficient (Wildman–Crippen LogP) is 0.0451. The van der Waals surface area contributed by atoms with Crippen molar-refractivity contribution >= 4 is 17.7 Å². The van der Waals surface area contributed by atoms with Gasteiger partial charge >= 0.3 is 0 Å². The number of hydrogen-bond donors (Lipinski definition) is 3. The van der Waals surface area contributed by atoms with Crippen molar-refractivity contribution in [1.29, 1.82) is 0 Å². The van der Waals surface area contributed by atoms with Gasteiger partial charge in [-0.1, -0.05) is 12.1 Å². The fraction of sp³-hybridized carbons (Fsp3) is 0.571. The zero-order valence-corrected chi connectivity index (χ0v) is 16.3. The zero-order chi connectivity index (χ0) is 20.2. The van der Waals surface area contributed by atoms with E-state index < -0.39 is 6.04 Å². The second kappa shape index (κ2) is 6.62. The van der Waals surface area contributed by atoms with E-state index in [9.17, 15) is 14.4 Å². The number of rotatable bonds is 6. The van der Waals surface area contributed by atoms with Crippen LogP contribution in [-0.2, 0) is 27.4 Å². The van der Waals surface area contributed by atoms with Gasteiger partial charge in [0.1, 0.15) is 6.04 Å². The molecule has 4 fully saturated rings. The first-order valence-corrected chi connectivity index (χ1v) is 10.2. The molecule has 1 atom stereocenters.